The smallest absolute Gasteiger partial charge is 0.136 e. The van der Waals surface area contributed by atoms with Crippen molar-refractivity contribution in [3.05, 3.63) is 58.1 Å². The van der Waals surface area contributed by atoms with Gasteiger partial charge in [0, 0.05) is 12.6 Å². The molecule has 100 valence electrons. The maximum absolute atomic E-state index is 5.78. The van der Waals surface area contributed by atoms with E-state index < -0.39 is 0 Å². The van der Waals surface area contributed by atoms with Crippen molar-refractivity contribution in [2.75, 3.05) is 7.11 Å². The van der Waals surface area contributed by atoms with Crippen LogP contribution in [0.3, 0.4) is 0 Å². The standard InChI is InChI=1S/C15H16BrNO2/c1-18-15-8-13(6-7-14(15)16)19-10-12-5-3-2-4-11(12)9-17/h2-8H,9-10,17H2,1H3. The van der Waals surface area contributed by atoms with Crippen molar-refractivity contribution >= 4 is 15.9 Å². The molecular formula is C15H16BrNO2. The van der Waals surface area contributed by atoms with Gasteiger partial charge in [0.1, 0.15) is 18.1 Å². The van der Waals surface area contributed by atoms with Crippen LogP contribution in [0, 0.1) is 0 Å². The summed E-state index contributed by atoms with van der Waals surface area (Å²) < 4.78 is 11.9. The van der Waals surface area contributed by atoms with E-state index in [9.17, 15) is 0 Å². The highest BCUT2D eigenvalue weighted by atomic mass is 79.9. The van der Waals surface area contributed by atoms with Gasteiger partial charge in [-0.15, -0.1) is 0 Å². The van der Waals surface area contributed by atoms with Crippen LogP contribution in [0.25, 0.3) is 0 Å². The summed E-state index contributed by atoms with van der Waals surface area (Å²) in [5.74, 6) is 1.52. The Morgan fingerprint density at radius 1 is 1.11 bits per heavy atom. The van der Waals surface area contributed by atoms with Gasteiger partial charge in [-0.1, -0.05) is 24.3 Å². The predicted octanol–water partition coefficient (Wildman–Crippen LogP) is 3.50. The van der Waals surface area contributed by atoms with E-state index in [1.54, 1.807) is 7.11 Å². The molecule has 0 bridgehead atoms. The Bertz CT molecular complexity index is 558. The summed E-state index contributed by atoms with van der Waals surface area (Å²) in [6, 6.07) is 13.7. The summed E-state index contributed by atoms with van der Waals surface area (Å²) >= 11 is 3.41. The van der Waals surface area contributed by atoms with E-state index in [-0.39, 0.29) is 0 Å². The first-order valence-electron chi connectivity index (χ1n) is 5.97. The number of rotatable bonds is 5. The van der Waals surface area contributed by atoms with Crippen LogP contribution in [0.4, 0.5) is 0 Å². The lowest BCUT2D eigenvalue weighted by atomic mass is 10.1. The molecule has 0 amide bonds. The van der Waals surface area contributed by atoms with Crippen molar-refractivity contribution in [1.29, 1.82) is 0 Å². The molecule has 0 saturated heterocycles. The molecule has 0 radical (unpaired) electrons. The van der Waals surface area contributed by atoms with Crippen LogP contribution in [0.1, 0.15) is 11.1 Å². The fourth-order valence-electron chi connectivity index (χ4n) is 1.79. The molecule has 3 nitrogen and oxygen atoms in total. The van der Waals surface area contributed by atoms with Gasteiger partial charge in [0.2, 0.25) is 0 Å². The number of benzene rings is 2. The van der Waals surface area contributed by atoms with Crippen LogP contribution in [-0.2, 0) is 13.2 Å². The lowest BCUT2D eigenvalue weighted by molar-refractivity contribution is 0.302. The van der Waals surface area contributed by atoms with Gasteiger partial charge in [-0.3, -0.25) is 0 Å². The van der Waals surface area contributed by atoms with Crippen LogP contribution < -0.4 is 15.2 Å². The quantitative estimate of drug-likeness (QED) is 0.916. The van der Waals surface area contributed by atoms with Gasteiger partial charge in [0.05, 0.1) is 11.6 Å². The maximum Gasteiger partial charge on any atom is 0.136 e. The molecule has 0 aliphatic carbocycles. The van der Waals surface area contributed by atoms with Crippen molar-refractivity contribution in [1.82, 2.24) is 0 Å². The Hall–Kier alpha value is -1.52. The van der Waals surface area contributed by atoms with Crippen molar-refractivity contribution in [2.24, 2.45) is 5.73 Å². The third-order valence-electron chi connectivity index (χ3n) is 2.86. The van der Waals surface area contributed by atoms with Gasteiger partial charge in [-0.2, -0.15) is 0 Å². The fraction of sp³-hybridized carbons (Fsp3) is 0.200. The number of hydrogen-bond acceptors (Lipinski definition) is 3. The monoisotopic (exact) mass is 321 g/mol. The van der Waals surface area contributed by atoms with E-state index in [4.69, 9.17) is 15.2 Å². The predicted molar refractivity (Wildman–Crippen MR) is 79.4 cm³/mol. The Balaban J connectivity index is 2.10. The molecule has 0 aliphatic heterocycles. The lowest BCUT2D eigenvalue weighted by Gasteiger charge is -2.11. The lowest BCUT2D eigenvalue weighted by Crippen LogP contribution is -2.04. The van der Waals surface area contributed by atoms with Crippen molar-refractivity contribution in [2.45, 2.75) is 13.2 Å². The third kappa shape index (κ3) is 3.49. The van der Waals surface area contributed by atoms with Crippen LogP contribution in [0.15, 0.2) is 46.9 Å². The molecule has 0 aromatic heterocycles. The molecule has 2 aromatic carbocycles. The van der Waals surface area contributed by atoms with Gasteiger partial charge in [-0.25, -0.2) is 0 Å². The van der Waals surface area contributed by atoms with Gasteiger partial charge in [0.25, 0.3) is 0 Å². The van der Waals surface area contributed by atoms with Crippen LogP contribution >= 0.6 is 15.9 Å². The van der Waals surface area contributed by atoms with Crippen LogP contribution in [-0.4, -0.2) is 7.11 Å². The average molecular weight is 322 g/mol. The summed E-state index contributed by atoms with van der Waals surface area (Å²) in [7, 11) is 1.63. The van der Waals surface area contributed by atoms with E-state index in [1.165, 1.54) is 0 Å². The number of nitrogens with two attached hydrogens (primary N) is 1. The van der Waals surface area contributed by atoms with Crippen LogP contribution in [0.5, 0.6) is 11.5 Å². The number of methoxy groups -OCH3 is 1. The molecule has 0 fully saturated rings. The van der Waals surface area contributed by atoms with Gasteiger partial charge in [-0.05, 0) is 39.2 Å². The molecule has 0 unspecified atom stereocenters. The highest BCUT2D eigenvalue weighted by Gasteiger charge is 2.04. The minimum atomic E-state index is 0.498. The molecule has 0 saturated carbocycles. The van der Waals surface area contributed by atoms with Crippen molar-refractivity contribution in [3.8, 4) is 11.5 Å². The Labute approximate surface area is 121 Å². The van der Waals surface area contributed by atoms with E-state index in [0.29, 0.717) is 13.2 Å². The maximum atomic E-state index is 5.78. The zero-order valence-corrected chi connectivity index (χ0v) is 12.3. The van der Waals surface area contributed by atoms with E-state index in [1.807, 2.05) is 42.5 Å². The topological polar surface area (TPSA) is 44.5 Å². The SMILES string of the molecule is COc1cc(OCc2ccccc2CN)ccc1Br. The molecule has 19 heavy (non-hydrogen) atoms. The number of halogens is 1. The molecule has 2 rings (SSSR count). The summed E-state index contributed by atoms with van der Waals surface area (Å²) in [5.41, 5.74) is 7.91. The van der Waals surface area contributed by atoms with E-state index in [0.717, 1.165) is 27.1 Å². The second-order valence-electron chi connectivity index (χ2n) is 4.06. The van der Waals surface area contributed by atoms with Crippen molar-refractivity contribution < 1.29 is 9.47 Å². The number of ether oxygens (including phenoxy) is 2. The summed E-state index contributed by atoms with van der Waals surface area (Å²) in [6.07, 6.45) is 0. The molecular weight excluding hydrogens is 306 g/mol. The first-order valence-corrected chi connectivity index (χ1v) is 6.77. The molecule has 4 heteroatoms. The third-order valence-corrected chi connectivity index (χ3v) is 3.51. The molecule has 0 aliphatic rings. The number of hydrogen-bond donors (Lipinski definition) is 1. The zero-order chi connectivity index (χ0) is 13.7. The molecule has 0 atom stereocenters. The Morgan fingerprint density at radius 2 is 1.84 bits per heavy atom. The molecule has 0 heterocycles. The summed E-state index contributed by atoms with van der Waals surface area (Å²) in [6.45, 7) is 1.02. The molecule has 2 N–H and O–H groups in total. The van der Waals surface area contributed by atoms with E-state index >= 15 is 0 Å². The summed E-state index contributed by atoms with van der Waals surface area (Å²) in [4.78, 5) is 0. The minimum absolute atomic E-state index is 0.498. The van der Waals surface area contributed by atoms with Crippen molar-refractivity contribution in [3.63, 3.8) is 0 Å². The summed E-state index contributed by atoms with van der Waals surface area (Å²) in [5, 5.41) is 0. The normalized spacial score (nSPS) is 10.3. The molecule has 2 aromatic rings. The Morgan fingerprint density at radius 3 is 2.53 bits per heavy atom. The second-order valence-corrected chi connectivity index (χ2v) is 4.91. The van der Waals surface area contributed by atoms with Crippen LogP contribution in [0.2, 0.25) is 0 Å². The Kier molecular flexibility index (Phi) is 4.82. The van der Waals surface area contributed by atoms with Gasteiger partial charge < -0.3 is 15.2 Å². The highest BCUT2D eigenvalue weighted by molar-refractivity contribution is 9.10. The molecule has 0 spiro atoms. The first-order chi connectivity index (χ1) is 9.24. The first kappa shape index (κ1) is 13.9. The second kappa shape index (κ2) is 6.59. The zero-order valence-electron chi connectivity index (χ0n) is 10.7. The minimum Gasteiger partial charge on any atom is -0.495 e. The highest BCUT2D eigenvalue weighted by Crippen LogP contribution is 2.29. The van der Waals surface area contributed by atoms with Gasteiger partial charge >= 0.3 is 0 Å². The fourth-order valence-corrected chi connectivity index (χ4v) is 2.20. The van der Waals surface area contributed by atoms with E-state index in [2.05, 4.69) is 15.9 Å². The average Bonchev–Trinajstić information content (AvgIpc) is 2.46. The largest absolute Gasteiger partial charge is 0.495 e. The van der Waals surface area contributed by atoms with Gasteiger partial charge in [0.15, 0.2) is 0 Å².